The van der Waals surface area contributed by atoms with Gasteiger partial charge in [-0.15, -0.1) is 0 Å². The highest BCUT2D eigenvalue weighted by atomic mass is 32.2. The van der Waals surface area contributed by atoms with E-state index in [1.165, 1.54) is 25.6 Å². The zero-order valence-corrected chi connectivity index (χ0v) is 21.6. The SMILES string of the molecule is COc1cc(C)c(C)cc1S(=O)(=O)NCC(c1cccnc1)S(=O)(=O)c1ccc(C(C)C)cc1. The summed E-state index contributed by atoms with van der Waals surface area (Å²) in [5.74, 6) is 0.450. The summed E-state index contributed by atoms with van der Waals surface area (Å²) in [6.45, 7) is 7.35. The van der Waals surface area contributed by atoms with Crippen LogP contribution in [0.1, 0.15) is 47.3 Å². The summed E-state index contributed by atoms with van der Waals surface area (Å²) in [6.07, 6.45) is 2.98. The first kappa shape index (κ1) is 25.9. The normalized spacial score (nSPS) is 13.1. The number of methoxy groups -OCH3 is 1. The lowest BCUT2D eigenvalue weighted by atomic mass is 10.0. The first-order chi connectivity index (χ1) is 16.0. The van der Waals surface area contributed by atoms with Crippen molar-refractivity contribution < 1.29 is 21.6 Å². The average Bonchev–Trinajstić information content (AvgIpc) is 2.81. The quantitative estimate of drug-likeness (QED) is 0.467. The van der Waals surface area contributed by atoms with E-state index in [0.29, 0.717) is 5.56 Å². The summed E-state index contributed by atoms with van der Waals surface area (Å²) in [5.41, 5.74) is 3.07. The molecule has 1 atom stereocenters. The second kappa shape index (κ2) is 10.2. The fourth-order valence-corrected chi connectivity index (χ4v) is 6.61. The number of sulfone groups is 1. The maximum Gasteiger partial charge on any atom is 0.244 e. The van der Waals surface area contributed by atoms with Crippen LogP contribution in [0.5, 0.6) is 5.75 Å². The molecule has 9 heteroatoms. The van der Waals surface area contributed by atoms with E-state index in [2.05, 4.69) is 9.71 Å². The van der Waals surface area contributed by atoms with Crippen molar-refractivity contribution in [3.63, 3.8) is 0 Å². The molecule has 3 aromatic rings. The molecular formula is C25H30N2O5S2. The third-order valence-corrected chi connectivity index (χ3v) is 9.40. The van der Waals surface area contributed by atoms with Gasteiger partial charge in [0.05, 0.1) is 12.0 Å². The van der Waals surface area contributed by atoms with Crippen molar-refractivity contribution in [2.45, 2.75) is 48.7 Å². The van der Waals surface area contributed by atoms with Gasteiger partial charge in [0.1, 0.15) is 15.9 Å². The number of nitrogens with one attached hydrogen (secondary N) is 1. The van der Waals surface area contributed by atoms with Crippen LogP contribution in [0.15, 0.2) is 70.7 Å². The van der Waals surface area contributed by atoms with E-state index in [0.717, 1.165) is 16.7 Å². The minimum absolute atomic E-state index is 0.0401. The molecule has 7 nitrogen and oxygen atoms in total. The predicted molar refractivity (Wildman–Crippen MR) is 132 cm³/mol. The van der Waals surface area contributed by atoms with Gasteiger partial charge in [0.15, 0.2) is 9.84 Å². The highest BCUT2D eigenvalue weighted by Crippen LogP contribution is 2.31. The van der Waals surface area contributed by atoms with Crippen molar-refractivity contribution >= 4 is 19.9 Å². The summed E-state index contributed by atoms with van der Waals surface area (Å²) in [4.78, 5) is 4.12. The minimum Gasteiger partial charge on any atom is -0.495 e. The van der Waals surface area contributed by atoms with Gasteiger partial charge in [0.2, 0.25) is 10.0 Å². The number of rotatable bonds is 9. The van der Waals surface area contributed by atoms with E-state index in [-0.39, 0.29) is 28.0 Å². The van der Waals surface area contributed by atoms with Crippen LogP contribution in [-0.4, -0.2) is 35.5 Å². The summed E-state index contributed by atoms with van der Waals surface area (Å²) in [7, 11) is -6.60. The lowest BCUT2D eigenvalue weighted by molar-refractivity contribution is 0.402. The zero-order chi connectivity index (χ0) is 25.1. The molecule has 34 heavy (non-hydrogen) atoms. The molecule has 1 heterocycles. The number of sulfonamides is 1. The van der Waals surface area contributed by atoms with E-state index in [1.807, 2.05) is 20.8 Å². The Kier molecular flexibility index (Phi) is 7.80. The Labute approximate surface area is 202 Å². The Hall–Kier alpha value is -2.75. The summed E-state index contributed by atoms with van der Waals surface area (Å²) in [6, 6.07) is 13.1. The van der Waals surface area contributed by atoms with Gasteiger partial charge >= 0.3 is 0 Å². The molecular weight excluding hydrogens is 472 g/mol. The summed E-state index contributed by atoms with van der Waals surface area (Å²) in [5, 5.41) is -1.17. The van der Waals surface area contributed by atoms with Crippen LogP contribution in [0.4, 0.5) is 0 Å². The maximum atomic E-state index is 13.6. The van der Waals surface area contributed by atoms with E-state index < -0.39 is 25.1 Å². The summed E-state index contributed by atoms with van der Waals surface area (Å²) < 4.78 is 61.4. The molecule has 0 aliphatic rings. The number of nitrogens with zero attached hydrogens (tertiary/aromatic N) is 1. The van der Waals surface area contributed by atoms with Crippen molar-refractivity contribution in [1.29, 1.82) is 0 Å². The van der Waals surface area contributed by atoms with Crippen molar-refractivity contribution in [3.05, 3.63) is 83.2 Å². The van der Waals surface area contributed by atoms with Crippen molar-refractivity contribution in [2.24, 2.45) is 0 Å². The van der Waals surface area contributed by atoms with Crippen LogP contribution < -0.4 is 9.46 Å². The van der Waals surface area contributed by atoms with E-state index in [1.54, 1.807) is 49.4 Å². The van der Waals surface area contributed by atoms with Gasteiger partial charge in [0, 0.05) is 18.9 Å². The third kappa shape index (κ3) is 5.48. The molecule has 0 aliphatic heterocycles. The second-order valence-corrected chi connectivity index (χ2v) is 12.3. The standard InChI is InChI=1S/C25H30N2O5S2/c1-17(2)20-8-10-22(11-9-20)33(28,29)25(21-7-6-12-26-15-21)16-27-34(30,31)24-14-19(4)18(3)13-23(24)32-5/h6-15,17,25,27H,16H2,1-5H3. The van der Waals surface area contributed by atoms with Gasteiger partial charge in [-0.05, 0) is 72.4 Å². The van der Waals surface area contributed by atoms with Gasteiger partial charge in [-0.25, -0.2) is 21.6 Å². The topological polar surface area (TPSA) is 102 Å². The molecule has 0 saturated heterocycles. The lowest BCUT2D eigenvalue weighted by Gasteiger charge is -2.20. The minimum atomic E-state index is -4.07. The molecule has 0 saturated carbocycles. The van der Waals surface area contributed by atoms with Crippen LogP contribution in [-0.2, 0) is 19.9 Å². The smallest absolute Gasteiger partial charge is 0.244 e. The number of hydrogen-bond acceptors (Lipinski definition) is 6. The highest BCUT2D eigenvalue weighted by molar-refractivity contribution is 7.92. The van der Waals surface area contributed by atoms with Crippen LogP contribution in [0.2, 0.25) is 0 Å². The number of hydrogen-bond donors (Lipinski definition) is 1. The van der Waals surface area contributed by atoms with Gasteiger partial charge in [-0.2, -0.15) is 0 Å². The van der Waals surface area contributed by atoms with E-state index in [4.69, 9.17) is 4.74 Å². The average molecular weight is 503 g/mol. The number of ether oxygens (including phenoxy) is 1. The fraction of sp³-hybridized carbons (Fsp3) is 0.320. The number of pyridine rings is 1. The predicted octanol–water partition coefficient (Wildman–Crippen LogP) is 4.32. The van der Waals surface area contributed by atoms with Crippen molar-refractivity contribution in [2.75, 3.05) is 13.7 Å². The molecule has 0 spiro atoms. The van der Waals surface area contributed by atoms with Gasteiger partial charge in [-0.3, -0.25) is 4.98 Å². The first-order valence-corrected chi connectivity index (χ1v) is 13.9. The summed E-state index contributed by atoms with van der Waals surface area (Å²) >= 11 is 0. The molecule has 1 unspecified atom stereocenters. The van der Waals surface area contributed by atoms with Crippen LogP contribution >= 0.6 is 0 Å². The Bertz CT molecular complexity index is 1350. The number of aromatic nitrogens is 1. The molecule has 0 bridgehead atoms. The lowest BCUT2D eigenvalue weighted by Crippen LogP contribution is -2.32. The highest BCUT2D eigenvalue weighted by Gasteiger charge is 2.32. The Morgan fingerprint density at radius 2 is 1.59 bits per heavy atom. The Morgan fingerprint density at radius 3 is 2.15 bits per heavy atom. The van der Waals surface area contributed by atoms with Crippen LogP contribution in [0.3, 0.4) is 0 Å². The van der Waals surface area contributed by atoms with E-state index >= 15 is 0 Å². The van der Waals surface area contributed by atoms with E-state index in [9.17, 15) is 16.8 Å². The Morgan fingerprint density at radius 1 is 0.941 bits per heavy atom. The Balaban J connectivity index is 1.99. The molecule has 0 aliphatic carbocycles. The zero-order valence-electron chi connectivity index (χ0n) is 19.9. The van der Waals surface area contributed by atoms with Crippen LogP contribution in [0, 0.1) is 13.8 Å². The van der Waals surface area contributed by atoms with Gasteiger partial charge in [0.25, 0.3) is 0 Å². The number of aryl methyl sites for hydroxylation is 2. The maximum absolute atomic E-state index is 13.6. The molecule has 182 valence electrons. The third-order valence-electron chi connectivity index (χ3n) is 5.83. The van der Waals surface area contributed by atoms with Gasteiger partial charge < -0.3 is 4.74 Å². The molecule has 0 fully saturated rings. The largest absolute Gasteiger partial charge is 0.495 e. The van der Waals surface area contributed by atoms with Crippen LogP contribution in [0.25, 0.3) is 0 Å². The molecule has 1 aromatic heterocycles. The molecule has 2 aromatic carbocycles. The first-order valence-electron chi connectivity index (χ1n) is 10.9. The second-order valence-electron chi connectivity index (χ2n) is 8.48. The molecule has 0 amide bonds. The van der Waals surface area contributed by atoms with Gasteiger partial charge in [-0.1, -0.05) is 32.0 Å². The van der Waals surface area contributed by atoms with Crippen molar-refractivity contribution in [3.8, 4) is 5.75 Å². The number of benzene rings is 2. The molecule has 0 radical (unpaired) electrons. The fourth-order valence-electron chi connectivity index (χ4n) is 3.58. The van der Waals surface area contributed by atoms with Crippen molar-refractivity contribution in [1.82, 2.24) is 9.71 Å². The molecule has 1 N–H and O–H groups in total. The monoisotopic (exact) mass is 502 g/mol. The molecule has 3 rings (SSSR count).